The van der Waals surface area contributed by atoms with Crippen molar-refractivity contribution in [2.45, 2.75) is 25.4 Å². The van der Waals surface area contributed by atoms with Crippen molar-refractivity contribution in [3.63, 3.8) is 0 Å². The molecule has 0 aromatic rings. The number of hydrogen-bond donors (Lipinski definition) is 2. The second-order valence-electron chi connectivity index (χ2n) is 3.54. The van der Waals surface area contributed by atoms with Crippen LogP contribution in [0.2, 0.25) is 0 Å². The Bertz CT molecular complexity index is 137. The molecule has 0 radical (unpaired) electrons. The first-order valence-electron chi connectivity index (χ1n) is 4.65. The Labute approximate surface area is 85.8 Å². The number of aliphatic hydroxyl groups is 1. The lowest BCUT2D eigenvalue weighted by Crippen LogP contribution is -2.40. The first-order chi connectivity index (χ1) is 6.12. The van der Waals surface area contributed by atoms with Crippen LogP contribution >= 0.6 is 11.8 Å². The Morgan fingerprint density at radius 2 is 2.31 bits per heavy atom. The zero-order valence-corrected chi connectivity index (χ0v) is 9.49. The second-order valence-corrected chi connectivity index (χ2v) is 4.40. The fraction of sp³-hybridized carbons (Fsp3) is 0.800. The third-order valence-corrected chi connectivity index (χ3v) is 2.63. The van der Waals surface area contributed by atoms with Gasteiger partial charge >= 0.3 is 0 Å². The van der Waals surface area contributed by atoms with Gasteiger partial charge in [-0.3, -0.25) is 0 Å². The van der Waals surface area contributed by atoms with Gasteiger partial charge in [-0.2, -0.15) is 11.8 Å². The van der Waals surface area contributed by atoms with E-state index in [1.165, 1.54) is 0 Å². The minimum atomic E-state index is -0.576. The summed E-state index contributed by atoms with van der Waals surface area (Å²) >= 11 is 1.67. The third kappa shape index (κ3) is 8.34. The minimum Gasteiger partial charge on any atom is -0.388 e. The van der Waals surface area contributed by atoms with Crippen molar-refractivity contribution in [2.75, 3.05) is 25.1 Å². The molecular formula is C10H21NOS. The molecule has 2 nitrogen and oxygen atoms in total. The normalized spacial score (nSPS) is 15.3. The molecule has 0 aliphatic carbocycles. The Hall–Kier alpha value is 0.0100. The van der Waals surface area contributed by atoms with Crippen LogP contribution in [0.1, 0.15) is 19.8 Å². The van der Waals surface area contributed by atoms with E-state index in [1.807, 2.05) is 19.3 Å². The first kappa shape index (κ1) is 13.0. The molecule has 0 spiro atoms. The van der Waals surface area contributed by atoms with Crippen LogP contribution in [0, 0.1) is 0 Å². The second kappa shape index (κ2) is 7.42. The van der Waals surface area contributed by atoms with Crippen LogP contribution in [0.3, 0.4) is 0 Å². The summed E-state index contributed by atoms with van der Waals surface area (Å²) < 4.78 is 0. The van der Waals surface area contributed by atoms with E-state index in [4.69, 9.17) is 0 Å². The highest BCUT2D eigenvalue weighted by molar-refractivity contribution is 7.98. The van der Waals surface area contributed by atoms with Gasteiger partial charge in [0.1, 0.15) is 0 Å². The highest BCUT2D eigenvalue weighted by Gasteiger charge is 2.18. The molecule has 0 saturated heterocycles. The Balaban J connectivity index is 3.34. The summed E-state index contributed by atoms with van der Waals surface area (Å²) in [6.45, 7) is 7.15. The SMILES string of the molecule is C=CCCCNCC(C)(O)CSC. The number of nitrogens with one attached hydrogen (secondary N) is 1. The number of allylic oxidation sites excluding steroid dienone is 1. The molecule has 0 saturated carbocycles. The average molecular weight is 203 g/mol. The number of thioether (sulfide) groups is 1. The molecule has 0 bridgehead atoms. The first-order valence-corrected chi connectivity index (χ1v) is 6.05. The van der Waals surface area contributed by atoms with Gasteiger partial charge in [0.05, 0.1) is 5.60 Å². The molecule has 78 valence electrons. The van der Waals surface area contributed by atoms with Crippen LogP contribution in [-0.4, -0.2) is 35.8 Å². The van der Waals surface area contributed by atoms with Crippen molar-refractivity contribution >= 4 is 11.8 Å². The molecule has 0 aliphatic rings. The van der Waals surface area contributed by atoms with Gasteiger partial charge in [0.15, 0.2) is 0 Å². The highest BCUT2D eigenvalue weighted by Crippen LogP contribution is 2.08. The predicted molar refractivity (Wildman–Crippen MR) is 61.3 cm³/mol. The molecule has 3 heteroatoms. The Morgan fingerprint density at radius 3 is 2.85 bits per heavy atom. The lowest BCUT2D eigenvalue weighted by atomic mass is 10.1. The van der Waals surface area contributed by atoms with Crippen molar-refractivity contribution < 1.29 is 5.11 Å². The van der Waals surface area contributed by atoms with Crippen LogP contribution in [0.15, 0.2) is 12.7 Å². The van der Waals surface area contributed by atoms with Crippen LogP contribution in [-0.2, 0) is 0 Å². The molecule has 0 aromatic carbocycles. The molecule has 13 heavy (non-hydrogen) atoms. The smallest absolute Gasteiger partial charge is 0.0833 e. The Morgan fingerprint density at radius 1 is 1.62 bits per heavy atom. The maximum atomic E-state index is 9.77. The summed E-state index contributed by atoms with van der Waals surface area (Å²) in [5.74, 6) is 0.779. The molecule has 1 atom stereocenters. The van der Waals surface area contributed by atoms with Crippen molar-refractivity contribution in [2.24, 2.45) is 0 Å². The van der Waals surface area contributed by atoms with Gasteiger partial charge in [0, 0.05) is 12.3 Å². The fourth-order valence-electron chi connectivity index (χ4n) is 1.09. The summed E-state index contributed by atoms with van der Waals surface area (Å²) in [5, 5.41) is 13.0. The van der Waals surface area contributed by atoms with Gasteiger partial charge in [0.25, 0.3) is 0 Å². The largest absolute Gasteiger partial charge is 0.388 e. The maximum absolute atomic E-state index is 9.77. The monoisotopic (exact) mass is 203 g/mol. The minimum absolute atomic E-state index is 0.576. The van der Waals surface area contributed by atoms with E-state index in [1.54, 1.807) is 11.8 Å². The molecule has 0 heterocycles. The summed E-state index contributed by atoms with van der Waals surface area (Å²) in [7, 11) is 0. The van der Waals surface area contributed by atoms with Gasteiger partial charge in [0.2, 0.25) is 0 Å². The van der Waals surface area contributed by atoms with E-state index >= 15 is 0 Å². The fourth-order valence-corrected chi connectivity index (χ4v) is 1.82. The summed E-state index contributed by atoms with van der Waals surface area (Å²) in [6, 6.07) is 0. The topological polar surface area (TPSA) is 32.3 Å². The molecule has 1 unspecified atom stereocenters. The van der Waals surface area contributed by atoms with Crippen LogP contribution in [0.5, 0.6) is 0 Å². The maximum Gasteiger partial charge on any atom is 0.0833 e. The molecule has 0 fully saturated rings. The van der Waals surface area contributed by atoms with Crippen LogP contribution in [0.4, 0.5) is 0 Å². The highest BCUT2D eigenvalue weighted by atomic mass is 32.2. The van der Waals surface area contributed by atoms with Crippen LogP contribution in [0.25, 0.3) is 0 Å². The van der Waals surface area contributed by atoms with Gasteiger partial charge in [-0.25, -0.2) is 0 Å². The average Bonchev–Trinajstić information content (AvgIpc) is 2.04. The molecule has 2 N–H and O–H groups in total. The van der Waals surface area contributed by atoms with Crippen molar-refractivity contribution in [1.29, 1.82) is 0 Å². The third-order valence-electron chi connectivity index (χ3n) is 1.72. The van der Waals surface area contributed by atoms with E-state index in [2.05, 4.69) is 11.9 Å². The number of rotatable bonds is 8. The quantitative estimate of drug-likeness (QED) is 0.465. The van der Waals surface area contributed by atoms with Gasteiger partial charge in [-0.05, 0) is 32.6 Å². The van der Waals surface area contributed by atoms with Crippen molar-refractivity contribution in [1.82, 2.24) is 5.32 Å². The van der Waals surface area contributed by atoms with E-state index < -0.39 is 5.60 Å². The predicted octanol–water partition coefficient (Wildman–Crippen LogP) is 1.66. The Kier molecular flexibility index (Phi) is 7.42. The van der Waals surface area contributed by atoms with E-state index in [0.29, 0.717) is 6.54 Å². The number of unbranched alkanes of at least 4 members (excludes halogenated alkanes) is 1. The van der Waals surface area contributed by atoms with Crippen LogP contribution < -0.4 is 5.32 Å². The molecule has 0 amide bonds. The lowest BCUT2D eigenvalue weighted by Gasteiger charge is -2.22. The van der Waals surface area contributed by atoms with Crippen molar-refractivity contribution in [3.05, 3.63) is 12.7 Å². The molecule has 0 aliphatic heterocycles. The zero-order valence-electron chi connectivity index (χ0n) is 8.68. The summed E-state index contributed by atoms with van der Waals surface area (Å²) in [5.41, 5.74) is -0.576. The molecular weight excluding hydrogens is 182 g/mol. The standard InChI is InChI=1S/C10H21NOS/c1-4-5-6-7-11-8-10(2,12)9-13-3/h4,11-12H,1,5-9H2,2-3H3. The summed E-state index contributed by atoms with van der Waals surface area (Å²) in [6.07, 6.45) is 6.06. The lowest BCUT2D eigenvalue weighted by molar-refractivity contribution is 0.0851. The van der Waals surface area contributed by atoms with Crippen molar-refractivity contribution in [3.8, 4) is 0 Å². The van der Waals surface area contributed by atoms with Gasteiger partial charge < -0.3 is 10.4 Å². The van der Waals surface area contributed by atoms with Gasteiger partial charge in [-0.15, -0.1) is 6.58 Å². The van der Waals surface area contributed by atoms with E-state index in [9.17, 15) is 5.11 Å². The van der Waals surface area contributed by atoms with Gasteiger partial charge in [-0.1, -0.05) is 6.08 Å². The number of hydrogen-bond acceptors (Lipinski definition) is 3. The molecule has 0 rings (SSSR count). The molecule has 0 aromatic heterocycles. The zero-order chi connectivity index (χ0) is 10.2. The summed E-state index contributed by atoms with van der Waals surface area (Å²) in [4.78, 5) is 0. The van der Waals surface area contributed by atoms with E-state index in [0.717, 1.165) is 25.1 Å². The van der Waals surface area contributed by atoms with E-state index in [-0.39, 0.29) is 0 Å².